The zero-order valence-electron chi connectivity index (χ0n) is 12.6. The fraction of sp³-hybridized carbons (Fsp3) is 0.938. The third kappa shape index (κ3) is 2.60. The van der Waals surface area contributed by atoms with E-state index in [1.165, 1.54) is 19.3 Å². The Labute approximate surface area is 121 Å². The summed E-state index contributed by atoms with van der Waals surface area (Å²) >= 11 is 0. The molecule has 0 aromatic rings. The number of hydrogen-bond donors (Lipinski definition) is 0. The zero-order chi connectivity index (χ0) is 14.0. The van der Waals surface area contributed by atoms with Gasteiger partial charge >= 0.3 is 0 Å². The van der Waals surface area contributed by atoms with Crippen LogP contribution in [-0.2, 0) is 14.3 Å². The van der Waals surface area contributed by atoms with Gasteiger partial charge in [0.15, 0.2) is 0 Å². The average Bonchev–Trinajstić information content (AvgIpc) is 2.89. The predicted octanol–water partition coefficient (Wildman–Crippen LogP) is 2.22. The van der Waals surface area contributed by atoms with Crippen LogP contribution in [0.2, 0.25) is 0 Å². The van der Waals surface area contributed by atoms with Crippen LogP contribution in [0, 0.1) is 11.3 Å². The van der Waals surface area contributed by atoms with Gasteiger partial charge in [-0.05, 0) is 38.5 Å². The predicted molar refractivity (Wildman–Crippen MR) is 76.4 cm³/mol. The standard InChI is InChI=1S/C16H27NO3/c1-19-14-4-2-7-16(14)8-3-9-17(12-16)15(18)13-5-10-20-11-6-13/h13-14H,2-12H2,1H3/t14-,16-/m1/s1. The normalized spacial score (nSPS) is 35.6. The molecule has 1 amide bonds. The van der Waals surface area contributed by atoms with Crippen LogP contribution in [0.4, 0.5) is 0 Å². The maximum atomic E-state index is 12.7. The van der Waals surface area contributed by atoms with Crippen molar-refractivity contribution in [2.24, 2.45) is 11.3 Å². The Morgan fingerprint density at radius 2 is 1.95 bits per heavy atom. The van der Waals surface area contributed by atoms with E-state index >= 15 is 0 Å². The summed E-state index contributed by atoms with van der Waals surface area (Å²) in [7, 11) is 1.83. The Morgan fingerprint density at radius 1 is 1.20 bits per heavy atom. The third-order valence-electron chi connectivity index (χ3n) is 5.60. The van der Waals surface area contributed by atoms with Crippen LogP contribution >= 0.6 is 0 Å². The maximum absolute atomic E-state index is 12.7. The minimum absolute atomic E-state index is 0.196. The van der Waals surface area contributed by atoms with E-state index in [2.05, 4.69) is 4.90 Å². The van der Waals surface area contributed by atoms with E-state index in [1.54, 1.807) is 0 Å². The molecular weight excluding hydrogens is 254 g/mol. The number of rotatable bonds is 2. The summed E-state index contributed by atoms with van der Waals surface area (Å²) in [5, 5.41) is 0. The molecule has 1 spiro atoms. The summed E-state index contributed by atoms with van der Waals surface area (Å²) < 4.78 is 11.1. The van der Waals surface area contributed by atoms with Crippen LogP contribution in [0.15, 0.2) is 0 Å². The van der Waals surface area contributed by atoms with Crippen molar-refractivity contribution in [2.45, 2.75) is 51.0 Å². The highest BCUT2D eigenvalue weighted by atomic mass is 16.5. The lowest BCUT2D eigenvalue weighted by Gasteiger charge is -2.44. The summed E-state index contributed by atoms with van der Waals surface area (Å²) in [5.74, 6) is 0.565. The van der Waals surface area contributed by atoms with Crippen LogP contribution in [-0.4, -0.2) is 50.3 Å². The first-order valence-corrected chi connectivity index (χ1v) is 8.14. The van der Waals surface area contributed by atoms with Crippen molar-refractivity contribution < 1.29 is 14.3 Å². The van der Waals surface area contributed by atoms with E-state index in [-0.39, 0.29) is 11.3 Å². The number of methoxy groups -OCH3 is 1. The monoisotopic (exact) mass is 281 g/mol. The zero-order valence-corrected chi connectivity index (χ0v) is 12.6. The second kappa shape index (κ2) is 6.02. The second-order valence-electron chi connectivity index (χ2n) is 6.73. The molecule has 2 heterocycles. The van der Waals surface area contributed by atoms with Crippen molar-refractivity contribution in [1.29, 1.82) is 0 Å². The molecule has 3 rings (SSSR count). The van der Waals surface area contributed by atoms with Crippen LogP contribution in [0.25, 0.3) is 0 Å². The van der Waals surface area contributed by atoms with Gasteiger partial charge in [0.05, 0.1) is 6.10 Å². The number of nitrogens with zero attached hydrogens (tertiary/aromatic N) is 1. The van der Waals surface area contributed by atoms with Crippen LogP contribution < -0.4 is 0 Å². The molecule has 1 saturated carbocycles. The van der Waals surface area contributed by atoms with Gasteiger partial charge in [-0.25, -0.2) is 0 Å². The number of carbonyl (C=O) groups is 1. The van der Waals surface area contributed by atoms with Crippen molar-refractivity contribution in [3.63, 3.8) is 0 Å². The van der Waals surface area contributed by atoms with Gasteiger partial charge in [-0.15, -0.1) is 0 Å². The number of amides is 1. The maximum Gasteiger partial charge on any atom is 0.225 e. The van der Waals surface area contributed by atoms with Crippen molar-refractivity contribution in [3.05, 3.63) is 0 Å². The molecule has 3 fully saturated rings. The molecule has 3 aliphatic rings. The van der Waals surface area contributed by atoms with Crippen LogP contribution in [0.5, 0.6) is 0 Å². The topological polar surface area (TPSA) is 38.8 Å². The van der Waals surface area contributed by atoms with Crippen LogP contribution in [0.1, 0.15) is 44.9 Å². The largest absolute Gasteiger partial charge is 0.381 e. The van der Waals surface area contributed by atoms with Gasteiger partial charge in [0.2, 0.25) is 5.91 Å². The van der Waals surface area contributed by atoms with Crippen LogP contribution in [0.3, 0.4) is 0 Å². The highest BCUT2D eigenvalue weighted by Gasteiger charge is 2.47. The van der Waals surface area contributed by atoms with Gasteiger partial charge in [-0.3, -0.25) is 4.79 Å². The molecule has 0 radical (unpaired) electrons. The quantitative estimate of drug-likeness (QED) is 0.779. The smallest absolute Gasteiger partial charge is 0.225 e. The van der Waals surface area contributed by atoms with Gasteiger partial charge in [-0.1, -0.05) is 6.42 Å². The Kier molecular flexibility index (Phi) is 4.32. The molecule has 0 aromatic carbocycles. The molecule has 2 atom stereocenters. The summed E-state index contributed by atoms with van der Waals surface area (Å²) in [6.07, 6.45) is 8.15. The number of carbonyl (C=O) groups excluding carboxylic acids is 1. The molecule has 4 heteroatoms. The third-order valence-corrected chi connectivity index (χ3v) is 5.60. The minimum atomic E-state index is 0.196. The van der Waals surface area contributed by atoms with Gasteiger partial charge in [0.1, 0.15) is 0 Å². The Bertz CT molecular complexity index is 354. The first-order valence-electron chi connectivity index (χ1n) is 8.14. The van der Waals surface area contributed by atoms with E-state index in [4.69, 9.17) is 9.47 Å². The lowest BCUT2D eigenvalue weighted by atomic mass is 9.76. The van der Waals surface area contributed by atoms with Gasteiger partial charge in [-0.2, -0.15) is 0 Å². The summed E-state index contributed by atoms with van der Waals surface area (Å²) in [4.78, 5) is 14.9. The van der Waals surface area contributed by atoms with Gasteiger partial charge in [0, 0.05) is 44.7 Å². The number of ether oxygens (including phenoxy) is 2. The fourth-order valence-corrected chi connectivity index (χ4v) is 4.49. The summed E-state index contributed by atoms with van der Waals surface area (Å²) in [6, 6.07) is 0. The summed E-state index contributed by atoms with van der Waals surface area (Å²) in [5.41, 5.74) is 0.244. The van der Waals surface area contributed by atoms with Gasteiger partial charge in [0.25, 0.3) is 0 Å². The Morgan fingerprint density at radius 3 is 2.70 bits per heavy atom. The van der Waals surface area contributed by atoms with E-state index in [0.717, 1.165) is 52.0 Å². The molecule has 114 valence electrons. The van der Waals surface area contributed by atoms with E-state index < -0.39 is 0 Å². The van der Waals surface area contributed by atoms with Crippen molar-refractivity contribution in [3.8, 4) is 0 Å². The second-order valence-corrected chi connectivity index (χ2v) is 6.73. The molecule has 0 aromatic heterocycles. The minimum Gasteiger partial charge on any atom is -0.381 e. The van der Waals surface area contributed by atoms with Gasteiger partial charge < -0.3 is 14.4 Å². The average molecular weight is 281 g/mol. The first kappa shape index (κ1) is 14.3. The molecule has 0 bridgehead atoms. The lowest BCUT2D eigenvalue weighted by molar-refractivity contribution is -0.144. The van der Waals surface area contributed by atoms with Crippen molar-refractivity contribution >= 4 is 5.91 Å². The Hall–Kier alpha value is -0.610. The molecule has 1 aliphatic carbocycles. The van der Waals surface area contributed by atoms with Crippen molar-refractivity contribution in [2.75, 3.05) is 33.4 Å². The molecular formula is C16H27NO3. The van der Waals surface area contributed by atoms with E-state index in [0.29, 0.717) is 12.0 Å². The molecule has 4 nitrogen and oxygen atoms in total. The molecule has 2 saturated heterocycles. The Balaban J connectivity index is 1.66. The van der Waals surface area contributed by atoms with E-state index in [1.807, 2.05) is 7.11 Å². The number of likely N-dealkylation sites (tertiary alicyclic amines) is 1. The molecule has 20 heavy (non-hydrogen) atoms. The summed E-state index contributed by atoms with van der Waals surface area (Å²) in [6.45, 7) is 3.35. The highest BCUT2D eigenvalue weighted by Crippen LogP contribution is 2.46. The van der Waals surface area contributed by atoms with E-state index in [9.17, 15) is 4.79 Å². The number of piperidine rings is 1. The first-order chi connectivity index (χ1) is 9.75. The number of hydrogen-bond acceptors (Lipinski definition) is 3. The molecule has 0 unspecified atom stereocenters. The molecule has 2 aliphatic heterocycles. The lowest BCUT2D eigenvalue weighted by Crippen LogP contribution is -2.51. The highest BCUT2D eigenvalue weighted by molar-refractivity contribution is 5.79. The molecule has 0 N–H and O–H groups in total. The fourth-order valence-electron chi connectivity index (χ4n) is 4.49. The van der Waals surface area contributed by atoms with Crippen molar-refractivity contribution in [1.82, 2.24) is 4.90 Å². The SMILES string of the molecule is CO[C@@H]1CCC[C@]12CCCN(C(=O)C1CCOCC1)C2.